The van der Waals surface area contributed by atoms with Crippen LogP contribution in [0.4, 0.5) is 0 Å². The minimum atomic E-state index is -3.32. The third-order valence-corrected chi connectivity index (χ3v) is 24.9. The molecule has 0 atom stereocenters. The van der Waals surface area contributed by atoms with E-state index in [0.29, 0.717) is 111 Å². The minimum Gasteiger partial charge on any atom is -0.469 e. The summed E-state index contributed by atoms with van der Waals surface area (Å²) in [5.41, 5.74) is 2.66. The fourth-order valence-corrected chi connectivity index (χ4v) is 16.0. The number of sulfonamides is 3. The van der Waals surface area contributed by atoms with Gasteiger partial charge in [-0.2, -0.15) is 4.98 Å². The van der Waals surface area contributed by atoms with Crippen LogP contribution in [0.2, 0.25) is 0 Å². The van der Waals surface area contributed by atoms with E-state index in [0.717, 1.165) is 142 Å². The van der Waals surface area contributed by atoms with Gasteiger partial charge < -0.3 is 36.1 Å². The SMILES string of the molecule is CC(C)c1ccc(CCCCNS(C)(=O)=O)n1C.CC(C)c1ccc(CCCCNS(C)(=O)=O)o1.CC(C)c1ccc(CCCCS(C)(=O)=O)o1.CC(C)c1ccc(CCCCS(N)(=O)=O)o1.CC(C)c1ccc(CN(C)CCS(C)(=O)=O)o1.CC(C)c1ccco1.CC(C)c1noc(CCCCS(C)(=O)=O)n1.CCN1CCS(=O)(=O)CC1. The number of rotatable bonds is 40. The van der Waals surface area contributed by atoms with Crippen molar-refractivity contribution < 1.29 is 85.5 Å². The van der Waals surface area contributed by atoms with Crippen LogP contribution in [0.5, 0.6) is 0 Å². The summed E-state index contributed by atoms with van der Waals surface area (Å²) < 4.78 is 192. The molecule has 0 radical (unpaired) electrons. The molecule has 1 aliphatic heterocycles. The Morgan fingerprint density at radius 3 is 1.19 bits per heavy atom. The van der Waals surface area contributed by atoms with E-state index in [2.05, 4.69) is 138 Å². The molecule has 1 aliphatic rings. The number of nitrogens with one attached hydrogen (secondary N) is 2. The van der Waals surface area contributed by atoms with Gasteiger partial charge in [0.2, 0.25) is 36.0 Å². The smallest absolute Gasteiger partial charge is 0.226 e. The lowest BCUT2D eigenvalue weighted by Gasteiger charge is -2.24. The summed E-state index contributed by atoms with van der Waals surface area (Å²) in [6.45, 7) is 35.9. The van der Waals surface area contributed by atoms with Gasteiger partial charge in [-0.15, -0.1) is 0 Å². The van der Waals surface area contributed by atoms with Crippen molar-refractivity contribution in [2.45, 2.75) is 248 Å². The maximum absolute atomic E-state index is 11.0. The largest absolute Gasteiger partial charge is 0.469 e. The quantitative estimate of drug-likeness (QED) is 0.0300. The molecule has 0 saturated carbocycles. The molecule has 8 rings (SSSR count). The van der Waals surface area contributed by atoms with Crippen LogP contribution in [0.15, 0.2) is 106 Å². The fourth-order valence-electron chi connectivity index (χ4n) is 10.9. The minimum absolute atomic E-state index is 0.0464. The van der Waals surface area contributed by atoms with Crippen molar-refractivity contribution in [1.29, 1.82) is 0 Å². The Hall–Kier alpha value is -5.73. The molecule has 0 bridgehead atoms. The number of nitrogens with zero attached hydrogens (tertiary/aromatic N) is 5. The highest BCUT2D eigenvalue weighted by molar-refractivity contribution is 7.92. The second-order valence-corrected chi connectivity index (χ2v) is 46.9. The molecule has 680 valence electrons. The monoisotopic (exact) mass is 1800 g/mol. The fraction of sp³-hybridized carbons (Fsp3) is 0.687. The van der Waals surface area contributed by atoms with Crippen molar-refractivity contribution in [3.63, 3.8) is 0 Å². The number of unbranched alkanes of at least 4 members (excludes halogenated alkanes) is 5. The topological polar surface area (TPSA) is 405 Å². The number of aryl methyl sites for hydroxylation is 5. The van der Waals surface area contributed by atoms with Crippen LogP contribution < -0.4 is 14.6 Å². The number of hydrogen-bond acceptors (Lipinski definition) is 24. The van der Waals surface area contributed by atoms with Gasteiger partial charge in [-0.3, -0.25) is 4.90 Å². The van der Waals surface area contributed by atoms with Gasteiger partial charge in [0, 0.05) is 143 Å². The lowest BCUT2D eigenvalue weighted by atomic mass is 10.1. The molecule has 1 fully saturated rings. The standard InChI is InChI=1S/C13H24N2O2S.2C12H21NO3S.C12H20O3S.C11H19NO3S.C10H18N2O3S.C7H10O.C6H13NO2S/c1-11(2)13-9-8-12(15(13)3)7-5-6-10-14-18(4,16)17;1-10(2)12-6-5-11(16-12)9-13(3)7-8-17(4,14)15;1-10(2)12-8-7-11(16-12)6-4-5-9-13-17(3,14)15;1-10(2)12-8-7-11(15-12)6-4-5-9-16(3,13)14;1-9(2)11-7-6-10(15-11)5-3-4-8-16(12,13)14;1-8(2)10-11-9(15-12-10)6-4-5-7-16(3,13)14;1-6(2)7-4-3-5-8-7;1-2-7-3-5-10(8,9)6-4-7/h8-9,11,14H,5-7,10H2,1-4H3;5-6,10H,7-9H2,1-4H3;7-8,10,13H,4-6,9H2,1-3H3;7-8,10H,4-6,9H2,1-3H3;6-7,9H,3-5,8H2,1-2H3,(H2,12,13,14);8H,4-7H2,1-3H3;3-6H,1-2H3;2-6H2,1H3. The lowest BCUT2D eigenvalue weighted by Crippen LogP contribution is -2.39. The van der Waals surface area contributed by atoms with Gasteiger partial charge in [0.1, 0.15) is 81.4 Å². The van der Waals surface area contributed by atoms with Gasteiger partial charge in [-0.05, 0) is 163 Å². The van der Waals surface area contributed by atoms with Crippen LogP contribution in [-0.4, -0.2) is 196 Å². The van der Waals surface area contributed by atoms with Gasteiger partial charge in [0.15, 0.2) is 15.7 Å². The number of nitrogens with two attached hydrogens (primary N) is 1. The second kappa shape index (κ2) is 55.4. The highest BCUT2D eigenvalue weighted by Gasteiger charge is 2.21. The zero-order valence-electron chi connectivity index (χ0n) is 74.7. The van der Waals surface area contributed by atoms with Crippen LogP contribution in [-0.2, 0) is 115 Å². The number of primary sulfonamides is 1. The molecular weight excluding hydrogens is 1650 g/mol. The molecular formula is C83H146N8O20S7. The third-order valence-electron chi connectivity index (χ3n) is 18.0. The Bertz CT molecular complexity index is 4490. The lowest BCUT2D eigenvalue weighted by molar-refractivity contribution is 0.302. The van der Waals surface area contributed by atoms with Crippen molar-refractivity contribution in [2.75, 3.05) is 112 Å². The highest BCUT2D eigenvalue weighted by Crippen LogP contribution is 2.24. The van der Waals surface area contributed by atoms with Gasteiger partial charge in [-0.25, -0.2) is 73.5 Å². The Morgan fingerprint density at radius 2 is 0.856 bits per heavy atom. The Labute approximate surface area is 710 Å². The van der Waals surface area contributed by atoms with Crippen molar-refractivity contribution in [1.82, 2.24) is 34.0 Å². The predicted octanol–water partition coefficient (Wildman–Crippen LogP) is 14.7. The van der Waals surface area contributed by atoms with E-state index in [9.17, 15) is 58.9 Å². The van der Waals surface area contributed by atoms with E-state index in [4.69, 9.17) is 31.7 Å². The van der Waals surface area contributed by atoms with Crippen molar-refractivity contribution in [2.24, 2.45) is 12.2 Å². The normalized spacial score (nSPS) is 13.4. The average molecular weight is 1800 g/mol. The average Bonchev–Trinajstić information content (AvgIpc) is 1.66. The third kappa shape index (κ3) is 56.0. The van der Waals surface area contributed by atoms with Gasteiger partial charge in [-0.1, -0.05) is 109 Å². The summed E-state index contributed by atoms with van der Waals surface area (Å²) in [4.78, 5) is 8.32. The maximum Gasteiger partial charge on any atom is 0.226 e. The Kier molecular flexibility index (Phi) is 51.8. The molecule has 0 spiro atoms. The molecule has 1 saturated heterocycles. The molecule has 4 N–H and O–H groups in total. The molecule has 0 aliphatic carbocycles. The van der Waals surface area contributed by atoms with Crippen LogP contribution in [0.25, 0.3) is 0 Å². The molecule has 0 amide bonds. The van der Waals surface area contributed by atoms with Crippen LogP contribution in [0.1, 0.15) is 284 Å². The van der Waals surface area contributed by atoms with Crippen molar-refractivity contribution >= 4 is 69.4 Å². The summed E-state index contributed by atoms with van der Waals surface area (Å²) in [5.74, 6) is 14.4. The number of hydrogen-bond donors (Lipinski definition) is 3. The molecule has 7 aromatic heterocycles. The first-order valence-corrected chi connectivity index (χ1v) is 54.5. The Balaban J connectivity index is 0.000000680. The van der Waals surface area contributed by atoms with E-state index in [1.165, 1.54) is 42.7 Å². The van der Waals surface area contributed by atoms with Crippen molar-refractivity contribution in [3.8, 4) is 0 Å². The Morgan fingerprint density at radius 1 is 0.466 bits per heavy atom. The number of aromatic nitrogens is 3. The van der Waals surface area contributed by atoms with Crippen LogP contribution >= 0.6 is 0 Å². The number of furan rings is 5. The maximum atomic E-state index is 11.0. The van der Waals surface area contributed by atoms with E-state index in [1.54, 1.807) is 6.26 Å². The summed E-state index contributed by atoms with van der Waals surface area (Å²) in [6, 6.07) is 24.1. The molecule has 7 aromatic rings. The van der Waals surface area contributed by atoms with Gasteiger partial charge >= 0.3 is 0 Å². The summed E-state index contributed by atoms with van der Waals surface area (Å²) >= 11 is 0. The first-order chi connectivity index (χ1) is 54.6. The number of sulfone groups is 4. The summed E-state index contributed by atoms with van der Waals surface area (Å²) in [6.07, 6.45) is 19.9. The first-order valence-electron chi connectivity index (χ1n) is 41.0. The molecule has 35 heteroatoms. The zero-order chi connectivity index (χ0) is 89.8. The van der Waals surface area contributed by atoms with Crippen LogP contribution in [0.3, 0.4) is 0 Å². The zero-order valence-corrected chi connectivity index (χ0v) is 80.4. The molecule has 28 nitrogen and oxygen atoms in total. The predicted molar refractivity (Wildman–Crippen MR) is 476 cm³/mol. The van der Waals surface area contributed by atoms with E-state index < -0.39 is 69.4 Å². The first kappa shape index (κ1) is 110. The van der Waals surface area contributed by atoms with E-state index >= 15 is 0 Å². The molecule has 0 unspecified atom stereocenters. The summed E-state index contributed by atoms with van der Waals surface area (Å²) in [5, 5.41) is 8.75. The van der Waals surface area contributed by atoms with Gasteiger partial charge in [0.25, 0.3) is 0 Å². The van der Waals surface area contributed by atoms with Crippen molar-refractivity contribution in [3.05, 3.63) is 154 Å². The van der Waals surface area contributed by atoms with Gasteiger partial charge in [0.05, 0.1) is 48.3 Å². The molecule has 0 aromatic carbocycles. The van der Waals surface area contributed by atoms with E-state index in [1.807, 2.05) is 86.5 Å². The highest BCUT2D eigenvalue weighted by atomic mass is 32.2. The second-order valence-electron chi connectivity index (χ2n) is 32.4. The molecule has 118 heavy (non-hydrogen) atoms. The van der Waals surface area contributed by atoms with E-state index in [-0.39, 0.29) is 28.9 Å². The van der Waals surface area contributed by atoms with Crippen LogP contribution in [0, 0.1) is 0 Å². The molecule has 8 heterocycles. The summed E-state index contributed by atoms with van der Waals surface area (Å²) in [7, 11) is -16.6.